The summed E-state index contributed by atoms with van der Waals surface area (Å²) in [6.07, 6.45) is -0.491. The van der Waals surface area contributed by atoms with Crippen LogP contribution in [0, 0.1) is 13.8 Å². The summed E-state index contributed by atoms with van der Waals surface area (Å²) < 4.78 is 130. The van der Waals surface area contributed by atoms with Gasteiger partial charge in [-0.2, -0.15) is 43.2 Å². The first-order valence-electron chi connectivity index (χ1n) is 8.13. The molecule has 0 radical (unpaired) electrons. The van der Waals surface area contributed by atoms with Crippen LogP contribution in [0.1, 0.15) is 22.3 Å². The second-order valence-electron chi connectivity index (χ2n) is 6.37. The molecule has 0 heterocycles. The molecule has 2 rings (SSSR count). The molecular formula is C17H14F6O6S2. The van der Waals surface area contributed by atoms with Crippen LogP contribution in [0.3, 0.4) is 0 Å². The van der Waals surface area contributed by atoms with E-state index in [4.69, 9.17) is 0 Å². The Kier molecular flexibility index (Phi) is 6.57. The summed E-state index contributed by atoms with van der Waals surface area (Å²) in [5, 5.41) is 0. The average Bonchev–Trinajstić information content (AvgIpc) is 2.57. The lowest BCUT2D eigenvalue weighted by molar-refractivity contribution is -0.0504. The van der Waals surface area contributed by atoms with Crippen molar-refractivity contribution < 1.29 is 51.5 Å². The van der Waals surface area contributed by atoms with Gasteiger partial charge in [-0.25, -0.2) is 0 Å². The van der Waals surface area contributed by atoms with Crippen molar-refractivity contribution >= 4 is 20.2 Å². The molecule has 0 bridgehead atoms. The van der Waals surface area contributed by atoms with Crippen LogP contribution in [0.5, 0.6) is 11.5 Å². The van der Waals surface area contributed by atoms with E-state index >= 15 is 0 Å². The number of hydrogen-bond donors (Lipinski definition) is 0. The quantitative estimate of drug-likeness (QED) is 0.339. The molecule has 0 saturated carbocycles. The highest BCUT2D eigenvalue weighted by Crippen LogP contribution is 2.34. The van der Waals surface area contributed by atoms with Crippen LogP contribution in [0.2, 0.25) is 0 Å². The van der Waals surface area contributed by atoms with E-state index in [1.165, 1.54) is 38.1 Å². The standard InChI is InChI=1S/C17H14F6O6S2/c1-10-3-5-14(28-30(24,25)16(18,19)20)12(7-10)9-13-8-11(2)4-6-15(13)29-31(26,27)17(21,22)23/h3-8H,9H2,1-2H3. The predicted molar refractivity (Wildman–Crippen MR) is 96.4 cm³/mol. The molecule has 2 aromatic carbocycles. The van der Waals surface area contributed by atoms with Gasteiger partial charge in [0.15, 0.2) is 0 Å². The van der Waals surface area contributed by atoms with Gasteiger partial charge in [-0.3, -0.25) is 0 Å². The van der Waals surface area contributed by atoms with Crippen LogP contribution in [-0.4, -0.2) is 27.9 Å². The molecule has 14 heteroatoms. The zero-order chi connectivity index (χ0) is 23.8. The van der Waals surface area contributed by atoms with Crippen molar-refractivity contribution in [3.8, 4) is 11.5 Å². The first-order chi connectivity index (χ1) is 13.9. The normalized spacial score (nSPS) is 13.2. The Bertz CT molecular complexity index is 1090. The van der Waals surface area contributed by atoms with Crippen molar-refractivity contribution in [2.45, 2.75) is 31.3 Å². The van der Waals surface area contributed by atoms with E-state index in [-0.39, 0.29) is 11.1 Å². The van der Waals surface area contributed by atoms with Crippen LogP contribution >= 0.6 is 0 Å². The molecule has 0 N–H and O–H groups in total. The number of rotatable bonds is 6. The highest BCUT2D eigenvalue weighted by Gasteiger charge is 2.49. The monoisotopic (exact) mass is 492 g/mol. The molecule has 172 valence electrons. The maximum absolute atomic E-state index is 12.7. The van der Waals surface area contributed by atoms with Crippen LogP contribution in [0.15, 0.2) is 36.4 Å². The van der Waals surface area contributed by atoms with Gasteiger partial charge in [0.2, 0.25) is 0 Å². The largest absolute Gasteiger partial charge is 0.534 e. The molecule has 0 spiro atoms. The van der Waals surface area contributed by atoms with Crippen molar-refractivity contribution in [2.75, 3.05) is 0 Å². The van der Waals surface area contributed by atoms with E-state index < -0.39 is 49.2 Å². The highest BCUT2D eigenvalue weighted by atomic mass is 32.2. The number of hydrogen-bond acceptors (Lipinski definition) is 6. The Morgan fingerprint density at radius 3 is 1.29 bits per heavy atom. The summed E-state index contributed by atoms with van der Waals surface area (Å²) >= 11 is 0. The van der Waals surface area contributed by atoms with Crippen LogP contribution in [0.4, 0.5) is 26.3 Å². The molecule has 0 aliphatic rings. The van der Waals surface area contributed by atoms with Gasteiger partial charge < -0.3 is 8.37 Å². The zero-order valence-electron chi connectivity index (χ0n) is 15.7. The minimum Gasteiger partial charge on any atom is -0.376 e. The Labute approximate surface area is 173 Å². The molecule has 0 fully saturated rings. The van der Waals surface area contributed by atoms with Crippen molar-refractivity contribution in [3.63, 3.8) is 0 Å². The summed E-state index contributed by atoms with van der Waals surface area (Å²) in [7, 11) is -12.0. The van der Waals surface area contributed by atoms with Gasteiger partial charge in [-0.1, -0.05) is 35.4 Å². The summed E-state index contributed by atoms with van der Waals surface area (Å²) in [4.78, 5) is 0. The molecule has 6 nitrogen and oxygen atoms in total. The minimum absolute atomic E-state index is 0.160. The third kappa shape index (κ3) is 5.81. The summed E-state index contributed by atoms with van der Waals surface area (Å²) in [5.41, 5.74) is -10.8. The Balaban J connectivity index is 2.53. The van der Waals surface area contributed by atoms with E-state index in [9.17, 15) is 43.2 Å². The van der Waals surface area contributed by atoms with E-state index in [0.29, 0.717) is 11.1 Å². The fourth-order valence-corrected chi connectivity index (χ4v) is 3.38. The Morgan fingerprint density at radius 1 is 0.677 bits per heavy atom. The maximum atomic E-state index is 12.7. The van der Waals surface area contributed by atoms with Crippen LogP contribution in [0.25, 0.3) is 0 Å². The minimum atomic E-state index is -6.02. The summed E-state index contributed by atoms with van der Waals surface area (Å²) in [5.74, 6) is -1.46. The van der Waals surface area contributed by atoms with E-state index in [2.05, 4.69) is 8.37 Å². The Morgan fingerprint density at radius 2 is 1.00 bits per heavy atom. The van der Waals surface area contributed by atoms with Gasteiger partial charge >= 0.3 is 31.3 Å². The van der Waals surface area contributed by atoms with Gasteiger partial charge in [-0.15, -0.1) is 0 Å². The summed E-state index contributed by atoms with van der Waals surface area (Å²) in [6, 6.07) is 6.88. The summed E-state index contributed by atoms with van der Waals surface area (Å²) in [6.45, 7) is 3.04. The van der Waals surface area contributed by atoms with Crippen LogP contribution < -0.4 is 8.37 Å². The second-order valence-corrected chi connectivity index (χ2v) is 9.44. The molecule has 0 unspecified atom stereocenters. The molecule has 31 heavy (non-hydrogen) atoms. The average molecular weight is 492 g/mol. The number of aryl methyl sites for hydroxylation is 2. The van der Waals surface area contributed by atoms with Gasteiger partial charge in [0.25, 0.3) is 0 Å². The molecule has 0 aliphatic heterocycles. The maximum Gasteiger partial charge on any atom is 0.534 e. The topological polar surface area (TPSA) is 86.7 Å². The highest BCUT2D eigenvalue weighted by molar-refractivity contribution is 7.88. The predicted octanol–water partition coefficient (Wildman–Crippen LogP) is 4.35. The molecular weight excluding hydrogens is 478 g/mol. The third-order valence-corrected chi connectivity index (χ3v) is 5.71. The van der Waals surface area contributed by atoms with E-state index in [1.54, 1.807) is 0 Å². The molecule has 0 aromatic heterocycles. The smallest absolute Gasteiger partial charge is 0.376 e. The van der Waals surface area contributed by atoms with Gasteiger partial charge in [-0.05, 0) is 26.0 Å². The lowest BCUT2D eigenvalue weighted by Crippen LogP contribution is -2.28. The molecule has 0 atom stereocenters. The van der Waals surface area contributed by atoms with Crippen molar-refractivity contribution in [2.24, 2.45) is 0 Å². The van der Waals surface area contributed by atoms with Gasteiger partial charge in [0.05, 0.1) is 0 Å². The molecule has 0 saturated heterocycles. The molecule has 0 amide bonds. The lowest BCUT2D eigenvalue weighted by Gasteiger charge is -2.16. The number of halogens is 6. The first kappa shape index (κ1) is 24.8. The lowest BCUT2D eigenvalue weighted by atomic mass is 10.00. The number of alkyl halides is 6. The van der Waals surface area contributed by atoms with Crippen molar-refractivity contribution in [3.05, 3.63) is 58.7 Å². The molecule has 2 aromatic rings. The van der Waals surface area contributed by atoms with Gasteiger partial charge in [0, 0.05) is 17.5 Å². The molecule has 0 aliphatic carbocycles. The first-order valence-corrected chi connectivity index (χ1v) is 11.0. The number of benzene rings is 2. The second kappa shape index (κ2) is 8.22. The zero-order valence-corrected chi connectivity index (χ0v) is 17.3. The van der Waals surface area contributed by atoms with Crippen molar-refractivity contribution in [1.29, 1.82) is 0 Å². The third-order valence-electron chi connectivity index (χ3n) is 3.78. The Hall–Kier alpha value is -2.48. The van der Waals surface area contributed by atoms with E-state index in [0.717, 1.165) is 12.1 Å². The van der Waals surface area contributed by atoms with Crippen LogP contribution in [-0.2, 0) is 26.7 Å². The van der Waals surface area contributed by atoms with Gasteiger partial charge in [0.1, 0.15) is 11.5 Å². The van der Waals surface area contributed by atoms with E-state index in [1.807, 2.05) is 0 Å². The van der Waals surface area contributed by atoms with Crippen molar-refractivity contribution in [1.82, 2.24) is 0 Å². The fraction of sp³-hybridized carbons (Fsp3) is 0.294. The SMILES string of the molecule is Cc1ccc(OS(=O)(=O)C(F)(F)F)c(Cc2cc(C)ccc2OS(=O)(=O)C(F)(F)F)c1. The fourth-order valence-electron chi connectivity index (χ4n) is 2.39.